The number of amides is 1. The highest BCUT2D eigenvalue weighted by molar-refractivity contribution is 5.95. The molecule has 0 saturated heterocycles. The average molecular weight is 562 g/mol. The number of rotatable bonds is 11. The smallest absolute Gasteiger partial charge is 0.293 e. The second-order valence-electron chi connectivity index (χ2n) is 8.86. The van der Waals surface area contributed by atoms with Gasteiger partial charge in [0.25, 0.3) is 17.8 Å². The summed E-state index contributed by atoms with van der Waals surface area (Å²) in [5, 5.41) is 17.2. The molecule has 0 atom stereocenters. The molecule has 0 radical (unpaired) electrons. The molecule has 0 aliphatic heterocycles. The van der Waals surface area contributed by atoms with Crippen molar-refractivity contribution < 1.29 is 23.3 Å². The molecule has 15 heteroatoms. The van der Waals surface area contributed by atoms with Crippen LogP contribution < -0.4 is 20.3 Å². The van der Waals surface area contributed by atoms with Crippen LogP contribution in [0.2, 0.25) is 0 Å². The first kappa shape index (κ1) is 27.3. The molecule has 0 saturated carbocycles. The molecule has 4 heterocycles. The van der Waals surface area contributed by atoms with Crippen molar-refractivity contribution in [3.63, 3.8) is 0 Å². The van der Waals surface area contributed by atoms with Crippen molar-refractivity contribution in [3.8, 4) is 11.4 Å². The van der Waals surface area contributed by atoms with E-state index in [1.54, 1.807) is 47.7 Å². The van der Waals surface area contributed by atoms with Crippen molar-refractivity contribution in [2.75, 3.05) is 14.2 Å². The SMILES string of the molecule is COCc1nn(Cc2cnc(Cn3ccccc3=O)nc2)cc1C(=O)NCc1c(-[n+]2cnn[nH]2)ccc(OC)c1F. The molecule has 14 nitrogen and oxygen atoms in total. The molecule has 0 spiro atoms. The van der Waals surface area contributed by atoms with Gasteiger partial charge in [0.05, 0.1) is 37.9 Å². The fourth-order valence-corrected chi connectivity index (χ4v) is 4.15. The van der Waals surface area contributed by atoms with Gasteiger partial charge < -0.3 is 19.4 Å². The third-order valence-corrected chi connectivity index (χ3v) is 6.14. The van der Waals surface area contributed by atoms with Crippen LogP contribution in [0.5, 0.6) is 5.75 Å². The number of nitrogens with one attached hydrogen (secondary N) is 2. The number of methoxy groups -OCH3 is 2. The van der Waals surface area contributed by atoms with Gasteiger partial charge in [0.1, 0.15) is 22.3 Å². The Hall–Kier alpha value is -5.31. The summed E-state index contributed by atoms with van der Waals surface area (Å²) >= 11 is 0. The zero-order valence-electron chi connectivity index (χ0n) is 22.2. The number of ether oxygens (including phenoxy) is 2. The zero-order chi connectivity index (χ0) is 28.8. The molecule has 5 aromatic rings. The molecule has 0 unspecified atom stereocenters. The first-order valence-corrected chi connectivity index (χ1v) is 12.4. The van der Waals surface area contributed by atoms with Crippen LogP contribution in [-0.2, 0) is 31.0 Å². The maximum atomic E-state index is 15.2. The van der Waals surface area contributed by atoms with E-state index in [2.05, 4.69) is 35.9 Å². The molecule has 0 aliphatic carbocycles. The van der Waals surface area contributed by atoms with Gasteiger partial charge in [-0.3, -0.25) is 14.3 Å². The van der Waals surface area contributed by atoms with Crippen molar-refractivity contribution >= 4 is 5.91 Å². The highest BCUT2D eigenvalue weighted by atomic mass is 19.1. The number of carbonyl (C=O) groups excluding carboxylic acids is 1. The van der Waals surface area contributed by atoms with Gasteiger partial charge in [0, 0.05) is 50.1 Å². The maximum absolute atomic E-state index is 15.2. The molecule has 0 aliphatic rings. The second-order valence-corrected chi connectivity index (χ2v) is 8.86. The van der Waals surface area contributed by atoms with Crippen molar-refractivity contribution in [2.24, 2.45) is 0 Å². The number of hydrogen-bond acceptors (Lipinski definition) is 9. The van der Waals surface area contributed by atoms with Crippen LogP contribution >= 0.6 is 0 Å². The van der Waals surface area contributed by atoms with E-state index in [-0.39, 0.29) is 48.7 Å². The van der Waals surface area contributed by atoms with Crippen LogP contribution in [0.1, 0.15) is 33.0 Å². The summed E-state index contributed by atoms with van der Waals surface area (Å²) in [6, 6.07) is 8.01. The average Bonchev–Trinajstić information content (AvgIpc) is 3.65. The van der Waals surface area contributed by atoms with E-state index in [1.807, 2.05) is 0 Å². The normalized spacial score (nSPS) is 11.0. The Bertz CT molecular complexity index is 1700. The lowest BCUT2D eigenvalue weighted by Gasteiger charge is -2.12. The maximum Gasteiger partial charge on any atom is 0.293 e. The predicted molar refractivity (Wildman–Crippen MR) is 139 cm³/mol. The Kier molecular flexibility index (Phi) is 8.15. The Morgan fingerprint density at radius 2 is 1.98 bits per heavy atom. The van der Waals surface area contributed by atoms with Crippen LogP contribution in [0.4, 0.5) is 4.39 Å². The Morgan fingerprint density at radius 3 is 2.68 bits per heavy atom. The highest BCUT2D eigenvalue weighted by Crippen LogP contribution is 2.24. The summed E-state index contributed by atoms with van der Waals surface area (Å²) in [4.78, 5) is 33.9. The van der Waals surface area contributed by atoms with Crippen molar-refractivity contribution in [3.05, 3.63) is 106 Å². The number of tetrazole rings is 1. The first-order valence-electron chi connectivity index (χ1n) is 12.4. The van der Waals surface area contributed by atoms with Crippen molar-refractivity contribution in [1.29, 1.82) is 0 Å². The number of halogens is 1. The quantitative estimate of drug-likeness (QED) is 0.220. The molecule has 0 bridgehead atoms. The third kappa shape index (κ3) is 6.14. The van der Waals surface area contributed by atoms with Crippen molar-refractivity contribution in [2.45, 2.75) is 26.2 Å². The molecule has 4 aromatic heterocycles. The predicted octanol–water partition coefficient (Wildman–Crippen LogP) is 0.550. The summed E-state index contributed by atoms with van der Waals surface area (Å²) in [6.45, 7) is 0.467. The number of aromatic nitrogens is 9. The largest absolute Gasteiger partial charge is 0.494 e. The molecule has 0 fully saturated rings. The van der Waals surface area contributed by atoms with Crippen LogP contribution in [0, 0.1) is 5.82 Å². The molecule has 1 amide bonds. The van der Waals surface area contributed by atoms with Gasteiger partial charge in [-0.05, 0) is 18.2 Å². The number of aromatic amines is 1. The molecular weight excluding hydrogens is 535 g/mol. The molecular formula is C26H26FN10O4+. The fraction of sp³-hybridized carbons (Fsp3) is 0.231. The minimum Gasteiger partial charge on any atom is -0.494 e. The molecule has 210 valence electrons. The minimum absolute atomic E-state index is 0.0306. The standard InChI is InChI=1S/C26H25FN10O4/c1-40-15-20-19(26(39)30-11-18-21(37-16-31-33-34-37)6-7-22(41-2)25(18)27)13-36(32-20)12-17-9-28-23(29-10-17)14-35-8-4-3-5-24(35)38/h3-10,13,16H,11-12,14-15H2,1-2H3,(H,30,39)/p+1. The summed E-state index contributed by atoms with van der Waals surface area (Å²) < 4.78 is 30.0. The summed E-state index contributed by atoms with van der Waals surface area (Å²) in [6.07, 6.45) is 7.92. The Morgan fingerprint density at radius 1 is 1.15 bits per heavy atom. The number of carbonyl (C=O) groups is 1. The van der Waals surface area contributed by atoms with E-state index in [0.717, 1.165) is 5.56 Å². The van der Waals surface area contributed by atoms with E-state index >= 15 is 4.39 Å². The van der Waals surface area contributed by atoms with Gasteiger partial charge in [-0.15, -0.1) is 4.68 Å². The summed E-state index contributed by atoms with van der Waals surface area (Å²) in [5.41, 5.74) is 1.85. The zero-order valence-corrected chi connectivity index (χ0v) is 22.2. The van der Waals surface area contributed by atoms with Crippen molar-refractivity contribution in [1.82, 2.24) is 45.2 Å². The number of hydrogen-bond donors (Lipinski definition) is 2. The summed E-state index contributed by atoms with van der Waals surface area (Å²) in [5.74, 6) is -0.580. The first-order chi connectivity index (χ1) is 20.0. The fourth-order valence-electron chi connectivity index (χ4n) is 4.15. The number of benzene rings is 1. The molecule has 2 N–H and O–H groups in total. The van der Waals surface area contributed by atoms with Crippen LogP contribution in [-0.4, -0.2) is 60.0 Å². The minimum atomic E-state index is -0.624. The monoisotopic (exact) mass is 561 g/mol. The molecule has 41 heavy (non-hydrogen) atoms. The van der Waals surface area contributed by atoms with E-state index in [1.165, 1.54) is 41.9 Å². The molecule has 5 rings (SSSR count). The van der Waals surface area contributed by atoms with Gasteiger partial charge in [-0.1, -0.05) is 11.3 Å². The lowest BCUT2D eigenvalue weighted by Crippen LogP contribution is -2.35. The van der Waals surface area contributed by atoms with Gasteiger partial charge in [0.15, 0.2) is 16.8 Å². The van der Waals surface area contributed by atoms with Crippen LogP contribution in [0.25, 0.3) is 5.69 Å². The van der Waals surface area contributed by atoms with Crippen LogP contribution in [0.15, 0.2) is 66.2 Å². The number of nitrogens with zero attached hydrogens (tertiary/aromatic N) is 8. The van der Waals surface area contributed by atoms with E-state index in [4.69, 9.17) is 9.47 Å². The van der Waals surface area contributed by atoms with E-state index in [0.29, 0.717) is 17.2 Å². The lowest BCUT2D eigenvalue weighted by molar-refractivity contribution is -0.661. The Balaban J connectivity index is 1.31. The Labute approximate surface area is 232 Å². The van der Waals surface area contributed by atoms with E-state index < -0.39 is 11.7 Å². The lowest BCUT2D eigenvalue weighted by atomic mass is 10.1. The molecule has 1 aromatic carbocycles. The number of pyridine rings is 1. The van der Waals surface area contributed by atoms with Gasteiger partial charge in [-0.2, -0.15) is 5.10 Å². The van der Waals surface area contributed by atoms with E-state index in [9.17, 15) is 9.59 Å². The van der Waals surface area contributed by atoms with Crippen LogP contribution in [0.3, 0.4) is 0 Å². The summed E-state index contributed by atoms with van der Waals surface area (Å²) in [7, 11) is 2.86. The third-order valence-electron chi connectivity index (χ3n) is 6.14. The van der Waals surface area contributed by atoms with Gasteiger partial charge >= 0.3 is 0 Å². The topological polar surface area (TPSA) is 159 Å². The van der Waals surface area contributed by atoms with Gasteiger partial charge in [-0.25, -0.2) is 14.4 Å². The second kappa shape index (κ2) is 12.3. The van der Waals surface area contributed by atoms with Gasteiger partial charge in [0.2, 0.25) is 0 Å². The highest BCUT2D eigenvalue weighted by Gasteiger charge is 2.22. The number of H-pyrrole nitrogens is 1.